The monoisotopic (exact) mass is 172 g/mol. The van der Waals surface area contributed by atoms with Crippen molar-refractivity contribution in [3.63, 3.8) is 0 Å². The molecule has 0 N–H and O–H groups in total. The van der Waals surface area contributed by atoms with Crippen LogP contribution in [0.2, 0.25) is 0 Å². The van der Waals surface area contributed by atoms with Crippen LogP contribution in [0.5, 0.6) is 5.88 Å². The van der Waals surface area contributed by atoms with Gasteiger partial charge in [-0.3, -0.25) is 0 Å². The van der Waals surface area contributed by atoms with E-state index in [1.54, 1.807) is 7.11 Å². The molecule has 0 aliphatic carbocycles. The van der Waals surface area contributed by atoms with Crippen LogP contribution in [-0.2, 0) is 18.3 Å². The van der Waals surface area contributed by atoms with E-state index >= 15 is 0 Å². The van der Waals surface area contributed by atoms with E-state index in [2.05, 4.69) is 4.98 Å². The van der Waals surface area contributed by atoms with Crippen LogP contribution in [0.4, 0.5) is 0 Å². The van der Waals surface area contributed by atoms with E-state index in [1.165, 1.54) is 0 Å². The Labute approximate surface area is 63.9 Å². The number of nitrogens with zero attached hydrogens (tertiary/aromatic N) is 1. The molecule has 3 heteroatoms. The fourth-order valence-electron chi connectivity index (χ4n) is 0.571. The van der Waals surface area contributed by atoms with Crippen LogP contribution in [0, 0.1) is 0 Å². The summed E-state index contributed by atoms with van der Waals surface area (Å²) in [6, 6.07) is 5.78. The molecule has 9 heavy (non-hydrogen) atoms. The van der Waals surface area contributed by atoms with E-state index < -0.39 is 0 Å². The van der Waals surface area contributed by atoms with Crippen LogP contribution in [-0.4, -0.2) is 12.1 Å². The number of hydrogen-bond acceptors (Lipinski definition) is 2. The van der Waals surface area contributed by atoms with Crippen molar-refractivity contribution in [3.05, 3.63) is 18.2 Å². The van der Waals surface area contributed by atoms with Gasteiger partial charge in [-0.1, -0.05) is 0 Å². The van der Waals surface area contributed by atoms with Gasteiger partial charge >= 0.3 is 63.5 Å². The van der Waals surface area contributed by atoms with Crippen molar-refractivity contribution in [2.75, 3.05) is 7.11 Å². The van der Waals surface area contributed by atoms with Crippen molar-refractivity contribution in [2.45, 2.75) is 0 Å². The molecule has 0 aromatic carbocycles. The quantitative estimate of drug-likeness (QED) is 0.569. The zero-order valence-corrected chi connectivity index (χ0v) is 8.26. The minimum absolute atomic E-state index is 0.707. The number of hydrogen-bond donors (Lipinski definition) is 0. The minimum atomic E-state index is 0.707. The molecule has 0 radical (unpaired) electrons. The Bertz CT molecular complexity index is 202. The van der Waals surface area contributed by atoms with E-state index in [-0.39, 0.29) is 0 Å². The summed E-state index contributed by atoms with van der Waals surface area (Å²) in [5.41, 5.74) is 0. The molecule has 1 aromatic heterocycles. The molecule has 0 aliphatic rings. The van der Waals surface area contributed by atoms with Crippen molar-refractivity contribution in [2.24, 2.45) is 0 Å². The summed E-state index contributed by atoms with van der Waals surface area (Å²) in [6.07, 6.45) is 0. The molecule has 0 saturated carbocycles. The number of methoxy groups -OCH3 is 1. The number of ether oxygens (including phenoxy) is 1. The molecular weight excluding hydrogens is 167 g/mol. The van der Waals surface area contributed by atoms with Gasteiger partial charge in [0, 0.05) is 0 Å². The van der Waals surface area contributed by atoms with E-state index in [4.69, 9.17) is 4.74 Å². The van der Waals surface area contributed by atoms with Gasteiger partial charge in [0.25, 0.3) is 0 Å². The number of pyridine rings is 1. The molecule has 0 saturated heterocycles. The van der Waals surface area contributed by atoms with E-state index in [0.717, 1.165) is 22.6 Å². The second kappa shape index (κ2) is 2.93. The van der Waals surface area contributed by atoms with Gasteiger partial charge in [-0.15, -0.1) is 0 Å². The number of aromatic nitrogens is 1. The SMILES string of the molecule is COc1ccc[c]([Zn])n1. The third-order valence-corrected chi connectivity index (χ3v) is 1.82. The number of rotatable bonds is 1. The fraction of sp³-hybridized carbons (Fsp3) is 0.167. The van der Waals surface area contributed by atoms with Gasteiger partial charge in [-0.2, -0.15) is 0 Å². The zero-order chi connectivity index (χ0) is 6.69. The van der Waals surface area contributed by atoms with Gasteiger partial charge in [-0.25, -0.2) is 0 Å². The van der Waals surface area contributed by atoms with Crippen molar-refractivity contribution in [3.8, 4) is 5.88 Å². The second-order valence-corrected chi connectivity index (χ2v) is 3.19. The van der Waals surface area contributed by atoms with Crippen molar-refractivity contribution >= 4 is 4.29 Å². The van der Waals surface area contributed by atoms with Gasteiger partial charge < -0.3 is 0 Å². The molecule has 0 aliphatic heterocycles. The summed E-state index contributed by atoms with van der Waals surface area (Å²) in [4.78, 5) is 4.12. The third kappa shape index (κ3) is 1.76. The van der Waals surface area contributed by atoms with Gasteiger partial charge in [0.15, 0.2) is 0 Å². The van der Waals surface area contributed by atoms with E-state index in [1.807, 2.05) is 18.2 Å². The Kier molecular flexibility index (Phi) is 2.18. The predicted molar refractivity (Wildman–Crippen MR) is 30.4 cm³/mol. The van der Waals surface area contributed by atoms with Crippen LogP contribution in [0.25, 0.3) is 0 Å². The molecule has 0 fully saturated rings. The molecule has 0 amide bonds. The molecule has 0 spiro atoms. The van der Waals surface area contributed by atoms with Gasteiger partial charge in [0.05, 0.1) is 0 Å². The third-order valence-electron chi connectivity index (χ3n) is 0.990. The maximum atomic E-state index is 4.90. The Morgan fingerprint density at radius 3 is 2.78 bits per heavy atom. The molecule has 1 heterocycles. The first-order valence-corrected chi connectivity index (χ1v) is 4.14. The molecule has 0 unspecified atom stereocenters. The standard InChI is InChI=1S/C6H6NO.Zn/c1-8-6-4-2-3-5-7-6;/h2-4H,1H3;. The molecule has 0 bridgehead atoms. The van der Waals surface area contributed by atoms with Crippen molar-refractivity contribution in [1.82, 2.24) is 4.98 Å². The first-order chi connectivity index (χ1) is 4.33. The van der Waals surface area contributed by atoms with Crippen molar-refractivity contribution < 1.29 is 23.0 Å². The molecule has 0 atom stereocenters. The Balaban J connectivity index is 2.94. The van der Waals surface area contributed by atoms with Crippen LogP contribution in [0.15, 0.2) is 18.2 Å². The Morgan fingerprint density at radius 2 is 2.33 bits per heavy atom. The maximum absolute atomic E-state index is 4.90. The van der Waals surface area contributed by atoms with Crippen LogP contribution < -0.4 is 9.03 Å². The molecule has 43 valence electrons. The van der Waals surface area contributed by atoms with Crippen LogP contribution >= 0.6 is 0 Å². The second-order valence-electron chi connectivity index (χ2n) is 1.67. The average molecular weight is 174 g/mol. The van der Waals surface area contributed by atoms with E-state index in [0.29, 0.717) is 5.88 Å². The first kappa shape index (κ1) is 6.69. The van der Waals surface area contributed by atoms with Gasteiger partial charge in [-0.05, 0) is 0 Å². The first-order valence-electron chi connectivity index (χ1n) is 2.66. The normalized spacial score (nSPS) is 9.22. The average Bonchev–Trinajstić information content (AvgIpc) is 1.88. The topological polar surface area (TPSA) is 22.1 Å². The fourth-order valence-corrected chi connectivity index (χ4v) is 1.18. The molecular formula is C6H6NOZn. The summed E-state index contributed by atoms with van der Waals surface area (Å²) >= 11 is 1.08. The summed E-state index contributed by atoms with van der Waals surface area (Å²) in [5.74, 6) is 0.707. The van der Waals surface area contributed by atoms with E-state index in [9.17, 15) is 0 Å². The van der Waals surface area contributed by atoms with Gasteiger partial charge in [0.2, 0.25) is 0 Å². The van der Waals surface area contributed by atoms with Gasteiger partial charge in [0.1, 0.15) is 0 Å². The summed E-state index contributed by atoms with van der Waals surface area (Å²) in [6.45, 7) is 0. The zero-order valence-electron chi connectivity index (χ0n) is 5.29. The summed E-state index contributed by atoms with van der Waals surface area (Å²) in [5, 5.41) is 0. The molecule has 2 nitrogen and oxygen atoms in total. The Morgan fingerprint density at radius 1 is 1.56 bits per heavy atom. The summed E-state index contributed by atoms with van der Waals surface area (Å²) < 4.78 is 6.01. The molecule has 1 rings (SSSR count). The van der Waals surface area contributed by atoms with Crippen LogP contribution in [0.1, 0.15) is 0 Å². The van der Waals surface area contributed by atoms with Crippen LogP contribution in [0.3, 0.4) is 0 Å². The van der Waals surface area contributed by atoms with Crippen molar-refractivity contribution in [1.29, 1.82) is 0 Å². The summed E-state index contributed by atoms with van der Waals surface area (Å²) in [7, 11) is 1.63. The Hall–Kier alpha value is -0.427. The predicted octanol–water partition coefficient (Wildman–Crippen LogP) is 0.262. The molecule has 1 aromatic rings.